The monoisotopic (exact) mass is 344 g/mol. The summed E-state index contributed by atoms with van der Waals surface area (Å²) in [5.74, 6) is 1.78. The Labute approximate surface area is 149 Å². The first kappa shape index (κ1) is 17.6. The summed E-state index contributed by atoms with van der Waals surface area (Å²) in [6, 6.07) is 6.03. The Kier molecular flexibility index (Phi) is 5.46. The van der Waals surface area contributed by atoms with Crippen LogP contribution in [0.4, 0.5) is 4.79 Å². The van der Waals surface area contributed by atoms with Crippen molar-refractivity contribution in [1.29, 1.82) is 0 Å². The van der Waals surface area contributed by atoms with Gasteiger partial charge >= 0.3 is 6.03 Å². The van der Waals surface area contributed by atoms with E-state index >= 15 is 0 Å². The molecular weight excluding hydrogens is 316 g/mol. The summed E-state index contributed by atoms with van der Waals surface area (Å²) in [4.78, 5) is 14.8. The molecule has 6 nitrogen and oxygen atoms in total. The third kappa shape index (κ3) is 4.44. The van der Waals surface area contributed by atoms with Gasteiger partial charge in [0.2, 0.25) is 0 Å². The lowest BCUT2D eigenvalue weighted by Gasteiger charge is -2.30. The number of nitrogens with one attached hydrogen (secondary N) is 2. The van der Waals surface area contributed by atoms with Gasteiger partial charge in [0.05, 0.1) is 11.7 Å². The molecule has 0 aliphatic carbocycles. The number of aromatic nitrogens is 2. The normalized spacial score (nSPS) is 19.5. The van der Waals surface area contributed by atoms with Crippen LogP contribution in [0.5, 0.6) is 0 Å². The number of carbonyl (C=O) groups is 1. The van der Waals surface area contributed by atoms with Crippen molar-refractivity contribution in [1.82, 2.24) is 20.4 Å². The van der Waals surface area contributed by atoms with Gasteiger partial charge in [0.1, 0.15) is 11.5 Å². The van der Waals surface area contributed by atoms with Crippen LogP contribution in [-0.2, 0) is 6.42 Å². The number of H-pyrrole nitrogens is 1. The molecule has 0 radical (unpaired) electrons. The first-order chi connectivity index (χ1) is 12.0. The minimum atomic E-state index is -0.0132. The Morgan fingerprint density at radius 2 is 2.24 bits per heavy atom. The van der Waals surface area contributed by atoms with Gasteiger partial charge in [-0.3, -0.25) is 5.10 Å². The maximum absolute atomic E-state index is 12.9. The Bertz CT molecular complexity index is 706. The Morgan fingerprint density at radius 3 is 2.92 bits per heavy atom. The highest BCUT2D eigenvalue weighted by Crippen LogP contribution is 2.31. The van der Waals surface area contributed by atoms with Crippen LogP contribution in [0.15, 0.2) is 22.6 Å². The highest BCUT2D eigenvalue weighted by atomic mass is 16.3. The van der Waals surface area contributed by atoms with Gasteiger partial charge in [0.25, 0.3) is 0 Å². The van der Waals surface area contributed by atoms with E-state index in [1.165, 1.54) is 0 Å². The van der Waals surface area contributed by atoms with Gasteiger partial charge in [-0.25, -0.2) is 4.79 Å². The molecule has 0 spiro atoms. The number of aryl methyl sites for hydroxylation is 2. The maximum atomic E-state index is 12.9. The van der Waals surface area contributed by atoms with Crippen molar-refractivity contribution >= 4 is 6.03 Å². The van der Waals surface area contributed by atoms with Crippen LogP contribution in [0.2, 0.25) is 0 Å². The van der Waals surface area contributed by atoms with Crippen LogP contribution in [0, 0.1) is 13.8 Å². The number of furan rings is 1. The van der Waals surface area contributed by atoms with Crippen molar-refractivity contribution in [3.8, 4) is 0 Å². The molecule has 0 bridgehead atoms. The summed E-state index contributed by atoms with van der Waals surface area (Å²) in [5, 5.41) is 10.3. The van der Waals surface area contributed by atoms with Crippen molar-refractivity contribution in [3.05, 3.63) is 41.1 Å². The fourth-order valence-electron chi connectivity index (χ4n) is 3.52. The van der Waals surface area contributed by atoms with E-state index in [9.17, 15) is 4.79 Å². The van der Waals surface area contributed by atoms with Crippen LogP contribution in [0.1, 0.15) is 61.6 Å². The van der Waals surface area contributed by atoms with Crippen molar-refractivity contribution in [3.63, 3.8) is 0 Å². The third-order valence-corrected chi connectivity index (χ3v) is 4.75. The molecule has 136 valence electrons. The van der Waals surface area contributed by atoms with Gasteiger partial charge in [-0.05, 0) is 51.8 Å². The summed E-state index contributed by atoms with van der Waals surface area (Å²) >= 11 is 0. The molecule has 1 saturated heterocycles. The van der Waals surface area contributed by atoms with Gasteiger partial charge in [0, 0.05) is 24.7 Å². The lowest BCUT2D eigenvalue weighted by atomic mass is 10.1. The fourth-order valence-corrected chi connectivity index (χ4v) is 3.52. The predicted molar refractivity (Wildman–Crippen MR) is 96.4 cm³/mol. The highest BCUT2D eigenvalue weighted by Gasteiger charge is 2.29. The summed E-state index contributed by atoms with van der Waals surface area (Å²) in [7, 11) is 0. The van der Waals surface area contributed by atoms with E-state index in [1.807, 2.05) is 43.9 Å². The minimum absolute atomic E-state index is 0.0132. The molecule has 0 saturated carbocycles. The molecule has 2 amide bonds. The van der Waals surface area contributed by atoms with E-state index in [4.69, 9.17) is 4.42 Å². The average molecular weight is 344 g/mol. The van der Waals surface area contributed by atoms with E-state index in [0.717, 1.165) is 55.1 Å². The van der Waals surface area contributed by atoms with Crippen LogP contribution >= 0.6 is 0 Å². The molecule has 3 rings (SSSR count). The maximum Gasteiger partial charge on any atom is 0.318 e. The number of hydrogen-bond acceptors (Lipinski definition) is 3. The van der Waals surface area contributed by atoms with Crippen LogP contribution in [0.3, 0.4) is 0 Å². The Hall–Kier alpha value is -2.24. The standard InChI is InChI=1S/C19H28N4O2/c1-13(11-16-12-14(2)21-22-16)20-19(24)23-10-6-4-5-7-17(23)18-9-8-15(3)25-18/h8-9,12-13,17H,4-7,10-11H2,1-3H3,(H,20,24)(H,21,22). The molecule has 6 heteroatoms. The van der Waals surface area contributed by atoms with Gasteiger partial charge in [-0.1, -0.05) is 12.8 Å². The number of nitrogens with zero attached hydrogens (tertiary/aromatic N) is 2. The fraction of sp³-hybridized carbons (Fsp3) is 0.579. The molecule has 3 heterocycles. The summed E-state index contributed by atoms with van der Waals surface area (Å²) in [6.07, 6.45) is 4.98. The smallest absolute Gasteiger partial charge is 0.318 e. The van der Waals surface area contributed by atoms with Gasteiger partial charge in [0.15, 0.2) is 0 Å². The number of carbonyl (C=O) groups excluding carboxylic acids is 1. The molecule has 2 N–H and O–H groups in total. The quantitative estimate of drug-likeness (QED) is 0.884. The molecule has 25 heavy (non-hydrogen) atoms. The van der Waals surface area contributed by atoms with Gasteiger partial charge < -0.3 is 14.6 Å². The highest BCUT2D eigenvalue weighted by molar-refractivity contribution is 5.75. The van der Waals surface area contributed by atoms with Crippen molar-refractivity contribution in [2.24, 2.45) is 0 Å². The molecule has 0 aromatic carbocycles. The van der Waals surface area contributed by atoms with E-state index in [0.29, 0.717) is 6.42 Å². The molecule has 2 aromatic rings. The number of aromatic amines is 1. The molecule has 1 fully saturated rings. The Morgan fingerprint density at radius 1 is 1.40 bits per heavy atom. The largest absolute Gasteiger partial charge is 0.464 e. The SMILES string of the molecule is Cc1cc(CC(C)NC(=O)N2CCCCCC2c2ccc(C)o2)n[nH]1. The number of hydrogen-bond donors (Lipinski definition) is 2. The lowest BCUT2D eigenvalue weighted by Crippen LogP contribution is -2.46. The molecule has 2 unspecified atom stereocenters. The summed E-state index contributed by atoms with van der Waals surface area (Å²) in [5.41, 5.74) is 2.01. The molecule has 2 atom stereocenters. The zero-order valence-electron chi connectivity index (χ0n) is 15.3. The molecule has 1 aliphatic rings. The number of likely N-dealkylation sites (tertiary alicyclic amines) is 1. The first-order valence-corrected chi connectivity index (χ1v) is 9.17. The zero-order chi connectivity index (χ0) is 17.8. The first-order valence-electron chi connectivity index (χ1n) is 9.17. The predicted octanol–water partition coefficient (Wildman–Crippen LogP) is 3.88. The molecule has 2 aromatic heterocycles. The lowest BCUT2D eigenvalue weighted by molar-refractivity contribution is 0.163. The number of rotatable bonds is 4. The molecular formula is C19H28N4O2. The minimum Gasteiger partial charge on any atom is -0.464 e. The van der Waals surface area contributed by atoms with E-state index in [1.54, 1.807) is 0 Å². The van der Waals surface area contributed by atoms with Crippen molar-refractivity contribution in [2.75, 3.05) is 6.54 Å². The third-order valence-electron chi connectivity index (χ3n) is 4.75. The van der Waals surface area contributed by atoms with Crippen LogP contribution < -0.4 is 5.32 Å². The zero-order valence-corrected chi connectivity index (χ0v) is 15.3. The van der Waals surface area contributed by atoms with E-state index in [2.05, 4.69) is 15.5 Å². The summed E-state index contributed by atoms with van der Waals surface area (Å²) < 4.78 is 5.83. The van der Waals surface area contributed by atoms with E-state index in [-0.39, 0.29) is 18.1 Å². The molecule has 1 aliphatic heterocycles. The second-order valence-corrected chi connectivity index (χ2v) is 7.10. The second kappa shape index (κ2) is 7.76. The van der Waals surface area contributed by atoms with Crippen molar-refractivity contribution in [2.45, 2.75) is 65.0 Å². The van der Waals surface area contributed by atoms with E-state index < -0.39 is 0 Å². The second-order valence-electron chi connectivity index (χ2n) is 7.10. The van der Waals surface area contributed by atoms with Crippen LogP contribution in [-0.4, -0.2) is 33.7 Å². The van der Waals surface area contributed by atoms with Crippen molar-refractivity contribution < 1.29 is 9.21 Å². The Balaban J connectivity index is 1.66. The van der Waals surface area contributed by atoms with Crippen LogP contribution in [0.25, 0.3) is 0 Å². The summed E-state index contributed by atoms with van der Waals surface area (Å²) in [6.45, 7) is 6.71. The number of amides is 2. The average Bonchev–Trinajstić information content (AvgIpc) is 3.07. The number of urea groups is 1. The topological polar surface area (TPSA) is 74.2 Å². The van der Waals surface area contributed by atoms with Gasteiger partial charge in [-0.15, -0.1) is 0 Å². The van der Waals surface area contributed by atoms with Gasteiger partial charge in [-0.2, -0.15) is 5.10 Å².